The first-order chi connectivity index (χ1) is 12.1. The van der Waals surface area contributed by atoms with Gasteiger partial charge >= 0.3 is 0 Å². The van der Waals surface area contributed by atoms with Crippen LogP contribution in [0.4, 0.5) is 0 Å². The fourth-order valence-corrected chi connectivity index (χ4v) is 4.55. The molecule has 0 bridgehead atoms. The lowest BCUT2D eigenvalue weighted by Crippen LogP contribution is -2.47. The Labute approximate surface area is 152 Å². The Morgan fingerprint density at radius 3 is 2.60 bits per heavy atom. The van der Waals surface area contributed by atoms with Crippen LogP contribution in [0.2, 0.25) is 0 Å². The number of carbonyl (C=O) groups excluding carboxylic acids is 1. The van der Waals surface area contributed by atoms with Gasteiger partial charge < -0.3 is 4.90 Å². The van der Waals surface area contributed by atoms with Gasteiger partial charge in [-0.2, -0.15) is 0 Å². The zero-order chi connectivity index (χ0) is 17.4. The van der Waals surface area contributed by atoms with E-state index in [9.17, 15) is 4.79 Å². The molecule has 1 fully saturated rings. The van der Waals surface area contributed by atoms with Gasteiger partial charge in [0.2, 0.25) is 0 Å². The van der Waals surface area contributed by atoms with Crippen molar-refractivity contribution in [3.05, 3.63) is 53.4 Å². The molecule has 0 spiro atoms. The summed E-state index contributed by atoms with van der Waals surface area (Å²) in [6.45, 7) is 4.33. The Hall–Kier alpha value is -2.20. The topological polar surface area (TPSA) is 33.2 Å². The maximum atomic E-state index is 13.5. The van der Waals surface area contributed by atoms with Crippen LogP contribution < -0.4 is 0 Å². The number of para-hydroxylation sites is 1. The molecule has 0 aliphatic carbocycles. The summed E-state index contributed by atoms with van der Waals surface area (Å²) >= 11 is 1.65. The summed E-state index contributed by atoms with van der Waals surface area (Å²) < 4.78 is 0. The number of nitrogens with zero attached hydrogens (tertiary/aromatic N) is 2. The molecule has 2 aromatic heterocycles. The van der Waals surface area contributed by atoms with Crippen molar-refractivity contribution in [3.63, 3.8) is 0 Å². The van der Waals surface area contributed by atoms with Crippen LogP contribution in [-0.4, -0.2) is 27.9 Å². The Bertz CT molecular complexity index is 893. The molecule has 1 aliphatic rings. The molecule has 0 N–H and O–H groups in total. The lowest BCUT2D eigenvalue weighted by atomic mass is 9.95. The van der Waals surface area contributed by atoms with Gasteiger partial charge in [0.15, 0.2) is 0 Å². The van der Waals surface area contributed by atoms with Crippen molar-refractivity contribution in [3.8, 4) is 10.6 Å². The third-order valence-electron chi connectivity index (χ3n) is 5.15. The fourth-order valence-electron chi connectivity index (χ4n) is 3.86. The van der Waals surface area contributed by atoms with Crippen molar-refractivity contribution in [1.82, 2.24) is 9.88 Å². The largest absolute Gasteiger partial charge is 0.333 e. The second-order valence-corrected chi connectivity index (χ2v) is 7.84. The lowest BCUT2D eigenvalue weighted by molar-refractivity contribution is 0.0513. The SMILES string of the molecule is C[C@H]1CCC[C@H](C)N1C(=O)c1cc(-c2cccs2)nc2ccccc12. The quantitative estimate of drug-likeness (QED) is 0.623. The molecule has 25 heavy (non-hydrogen) atoms. The first kappa shape index (κ1) is 16.3. The van der Waals surface area contributed by atoms with Gasteiger partial charge in [-0.25, -0.2) is 4.98 Å². The lowest BCUT2D eigenvalue weighted by Gasteiger charge is -2.39. The van der Waals surface area contributed by atoms with Crippen LogP contribution in [0.3, 0.4) is 0 Å². The molecule has 3 heterocycles. The Morgan fingerprint density at radius 1 is 1.12 bits per heavy atom. The van der Waals surface area contributed by atoms with E-state index in [1.54, 1.807) is 11.3 Å². The number of fused-ring (bicyclic) bond motifs is 1. The predicted molar refractivity (Wildman–Crippen MR) is 104 cm³/mol. The van der Waals surface area contributed by atoms with Gasteiger partial charge in [0.05, 0.1) is 21.7 Å². The van der Waals surface area contributed by atoms with Crippen molar-refractivity contribution < 1.29 is 4.79 Å². The van der Waals surface area contributed by atoms with E-state index >= 15 is 0 Å². The number of likely N-dealkylation sites (tertiary alicyclic amines) is 1. The van der Waals surface area contributed by atoms with E-state index in [-0.39, 0.29) is 18.0 Å². The maximum absolute atomic E-state index is 13.5. The van der Waals surface area contributed by atoms with Crippen molar-refractivity contribution >= 4 is 28.1 Å². The first-order valence-electron chi connectivity index (χ1n) is 8.91. The highest BCUT2D eigenvalue weighted by Gasteiger charge is 2.30. The van der Waals surface area contributed by atoms with E-state index in [1.807, 2.05) is 41.8 Å². The molecule has 1 saturated heterocycles. The Morgan fingerprint density at radius 2 is 1.88 bits per heavy atom. The Balaban J connectivity index is 1.86. The van der Waals surface area contributed by atoms with Crippen molar-refractivity contribution in [2.45, 2.75) is 45.2 Å². The minimum absolute atomic E-state index is 0.135. The second kappa shape index (κ2) is 6.60. The standard InChI is InChI=1S/C21H22N2OS/c1-14-7-5-8-15(2)23(14)21(24)17-13-19(20-11-6-12-25-20)22-18-10-4-3-9-16(17)18/h3-4,6,9-15H,5,7-8H2,1-2H3/t14-,15-/m0/s1. The molecular formula is C21H22N2OS. The molecule has 1 aromatic carbocycles. The molecule has 2 atom stereocenters. The number of amides is 1. The van der Waals surface area contributed by atoms with Gasteiger partial charge in [-0.15, -0.1) is 11.3 Å². The summed E-state index contributed by atoms with van der Waals surface area (Å²) in [4.78, 5) is 21.4. The van der Waals surface area contributed by atoms with Crippen LogP contribution in [0.1, 0.15) is 43.5 Å². The highest BCUT2D eigenvalue weighted by molar-refractivity contribution is 7.13. The molecule has 0 radical (unpaired) electrons. The number of carbonyl (C=O) groups is 1. The van der Waals surface area contributed by atoms with E-state index in [1.165, 1.54) is 6.42 Å². The van der Waals surface area contributed by atoms with E-state index in [0.29, 0.717) is 0 Å². The number of hydrogen-bond donors (Lipinski definition) is 0. The van der Waals surface area contributed by atoms with Crippen molar-refractivity contribution in [2.24, 2.45) is 0 Å². The summed E-state index contributed by atoms with van der Waals surface area (Å²) in [5, 5.41) is 2.99. The van der Waals surface area contributed by atoms with E-state index in [4.69, 9.17) is 4.98 Å². The Kier molecular flexibility index (Phi) is 4.30. The van der Waals surface area contributed by atoms with Crippen LogP contribution in [0.5, 0.6) is 0 Å². The molecule has 0 saturated carbocycles. The van der Waals surface area contributed by atoms with Crippen LogP contribution in [0.15, 0.2) is 47.8 Å². The van der Waals surface area contributed by atoms with Gasteiger partial charge in [0, 0.05) is 17.5 Å². The maximum Gasteiger partial charge on any atom is 0.255 e. The number of piperidine rings is 1. The molecule has 3 nitrogen and oxygen atoms in total. The zero-order valence-electron chi connectivity index (χ0n) is 14.6. The average Bonchev–Trinajstić information content (AvgIpc) is 3.15. The number of aromatic nitrogens is 1. The zero-order valence-corrected chi connectivity index (χ0v) is 15.4. The molecular weight excluding hydrogens is 328 g/mol. The van der Waals surface area contributed by atoms with Crippen LogP contribution >= 0.6 is 11.3 Å². The summed E-state index contributed by atoms with van der Waals surface area (Å²) in [5.41, 5.74) is 2.54. The molecule has 4 rings (SSSR count). The first-order valence-corrected chi connectivity index (χ1v) is 9.79. The van der Waals surface area contributed by atoms with Crippen LogP contribution in [-0.2, 0) is 0 Å². The molecule has 1 amide bonds. The van der Waals surface area contributed by atoms with Gasteiger partial charge in [0.1, 0.15) is 0 Å². The number of benzene rings is 1. The average molecular weight is 350 g/mol. The third kappa shape index (κ3) is 2.95. The van der Waals surface area contributed by atoms with Gasteiger partial charge in [-0.3, -0.25) is 4.79 Å². The molecule has 0 unspecified atom stereocenters. The number of thiophene rings is 1. The number of pyridine rings is 1. The van der Waals surface area contributed by atoms with Crippen molar-refractivity contribution in [1.29, 1.82) is 0 Å². The minimum Gasteiger partial charge on any atom is -0.333 e. The fraction of sp³-hybridized carbons (Fsp3) is 0.333. The normalized spacial score (nSPS) is 20.8. The summed E-state index contributed by atoms with van der Waals surface area (Å²) in [5.74, 6) is 0.135. The summed E-state index contributed by atoms with van der Waals surface area (Å²) in [7, 11) is 0. The molecule has 3 aromatic rings. The van der Waals surface area contributed by atoms with Crippen LogP contribution in [0, 0.1) is 0 Å². The van der Waals surface area contributed by atoms with Crippen LogP contribution in [0.25, 0.3) is 21.5 Å². The van der Waals surface area contributed by atoms with Gasteiger partial charge in [-0.05, 0) is 56.7 Å². The smallest absolute Gasteiger partial charge is 0.255 e. The molecule has 4 heteroatoms. The van der Waals surface area contributed by atoms with Crippen molar-refractivity contribution in [2.75, 3.05) is 0 Å². The third-order valence-corrected chi connectivity index (χ3v) is 6.04. The second-order valence-electron chi connectivity index (χ2n) is 6.89. The molecule has 1 aliphatic heterocycles. The monoisotopic (exact) mass is 350 g/mol. The molecule has 128 valence electrons. The number of hydrogen-bond acceptors (Lipinski definition) is 3. The summed E-state index contributed by atoms with van der Waals surface area (Å²) in [6, 6.07) is 14.6. The van der Waals surface area contributed by atoms with Gasteiger partial charge in [-0.1, -0.05) is 24.3 Å². The van der Waals surface area contributed by atoms with E-state index < -0.39 is 0 Å². The predicted octanol–water partition coefficient (Wildman–Crippen LogP) is 5.37. The highest BCUT2D eigenvalue weighted by atomic mass is 32.1. The highest BCUT2D eigenvalue weighted by Crippen LogP contribution is 2.31. The minimum atomic E-state index is 0.135. The number of rotatable bonds is 2. The van der Waals surface area contributed by atoms with E-state index in [2.05, 4.69) is 24.8 Å². The van der Waals surface area contributed by atoms with E-state index in [0.717, 1.165) is 39.9 Å². The van der Waals surface area contributed by atoms with Gasteiger partial charge in [0.25, 0.3) is 5.91 Å². The summed E-state index contributed by atoms with van der Waals surface area (Å²) in [6.07, 6.45) is 3.36.